The number of benzene rings is 1. The van der Waals surface area contributed by atoms with Crippen molar-refractivity contribution in [2.45, 2.75) is 30.7 Å². The first-order valence-corrected chi connectivity index (χ1v) is 8.94. The number of aliphatic hydroxyl groups excluding tert-OH is 3. The van der Waals surface area contributed by atoms with Crippen LogP contribution >= 0.6 is 0 Å². The quantitative estimate of drug-likeness (QED) is 0.144. The fourth-order valence-electron chi connectivity index (χ4n) is 2.34. The predicted octanol–water partition coefficient (Wildman–Crippen LogP) is -4.52. The molecule has 1 amide bonds. The van der Waals surface area contributed by atoms with Gasteiger partial charge in [-0.25, -0.2) is 8.42 Å². The molecule has 4 N–H and O–H groups in total. The predicted molar refractivity (Wildman–Crippen MR) is 88.2 cm³/mol. The second kappa shape index (κ2) is 10.6. The molecule has 0 unspecified atom stereocenters. The molecule has 1 saturated heterocycles. The second-order valence-corrected chi connectivity index (χ2v) is 6.52. The Balaban J connectivity index is 0.00000392. The van der Waals surface area contributed by atoms with Gasteiger partial charge >= 0.3 is 29.6 Å². The van der Waals surface area contributed by atoms with Crippen LogP contribution in [0.15, 0.2) is 36.9 Å². The van der Waals surface area contributed by atoms with Gasteiger partial charge in [-0.1, -0.05) is 6.58 Å². The third kappa shape index (κ3) is 6.77. The number of hydrogen-bond donors (Lipinski definition) is 4. The molecule has 11 nitrogen and oxygen atoms in total. The number of carbonyl (C=O) groups excluding carboxylic acids is 1. The van der Waals surface area contributed by atoms with Crippen molar-refractivity contribution < 1.29 is 76.3 Å². The molecule has 5 atom stereocenters. The molecule has 150 valence electrons. The van der Waals surface area contributed by atoms with Gasteiger partial charge in [0.1, 0.15) is 30.2 Å². The number of carbonyl (C=O) groups is 1. The number of aliphatic hydroxyl groups is 3. The molecule has 2 rings (SSSR count). The molecule has 28 heavy (non-hydrogen) atoms. The van der Waals surface area contributed by atoms with Crippen LogP contribution in [0.1, 0.15) is 0 Å². The maximum Gasteiger partial charge on any atom is 1.00 e. The zero-order valence-electron chi connectivity index (χ0n) is 14.8. The first kappa shape index (κ1) is 25.0. The summed E-state index contributed by atoms with van der Waals surface area (Å²) in [6.07, 6.45) is -7.37. The smallest absolute Gasteiger partial charge is 0.726 e. The summed E-state index contributed by atoms with van der Waals surface area (Å²) in [5, 5.41) is 31.8. The van der Waals surface area contributed by atoms with Gasteiger partial charge in [-0.2, -0.15) is 0 Å². The van der Waals surface area contributed by atoms with E-state index >= 15 is 0 Å². The maximum absolute atomic E-state index is 11.2. The molecular weight excluding hydrogens is 409 g/mol. The van der Waals surface area contributed by atoms with Crippen LogP contribution < -0.4 is 39.6 Å². The molecule has 0 bridgehead atoms. The van der Waals surface area contributed by atoms with Gasteiger partial charge in [0.05, 0.1) is 6.61 Å². The molecular formula is C15H18NNaO10S. The third-order valence-electron chi connectivity index (χ3n) is 3.61. The van der Waals surface area contributed by atoms with Crippen LogP contribution in [-0.2, 0) is 24.1 Å². The van der Waals surface area contributed by atoms with E-state index in [1.165, 1.54) is 24.3 Å². The number of anilines is 1. The van der Waals surface area contributed by atoms with E-state index in [-0.39, 0.29) is 35.3 Å². The molecule has 1 aromatic rings. The standard InChI is InChI=1S/C15H19NO10S.Na/c1-2-11(18)16-8-3-5-9(6-4-8)24-15-13(20)14(26-27(21,22)23)12(19)10(7-17)25-15;/h2-6,10,12-15,17,19-20H,1,7H2,(H,16,18)(H,21,22,23);/q;+1/p-1/t10-,12+,13-,14+,15-;/m1./s1. The Morgan fingerprint density at radius 3 is 2.39 bits per heavy atom. The Kier molecular flexibility index (Phi) is 9.49. The molecule has 0 aliphatic carbocycles. The Bertz CT molecular complexity index is 772. The van der Waals surface area contributed by atoms with Crippen molar-refractivity contribution in [3.63, 3.8) is 0 Å². The molecule has 13 heteroatoms. The Morgan fingerprint density at radius 1 is 1.29 bits per heavy atom. The van der Waals surface area contributed by atoms with Crippen LogP contribution in [0.3, 0.4) is 0 Å². The first-order valence-electron chi connectivity index (χ1n) is 7.61. The average Bonchev–Trinajstić information content (AvgIpc) is 2.61. The normalized spacial score (nSPS) is 27.4. The number of ether oxygens (including phenoxy) is 2. The minimum absolute atomic E-state index is 0. The van der Waals surface area contributed by atoms with Gasteiger partial charge in [0.25, 0.3) is 0 Å². The van der Waals surface area contributed by atoms with E-state index in [4.69, 9.17) is 9.47 Å². The van der Waals surface area contributed by atoms with Crippen molar-refractivity contribution in [2.24, 2.45) is 0 Å². The Labute approximate surface area is 183 Å². The Hall–Kier alpha value is -1.06. The molecule has 0 radical (unpaired) electrons. The number of amides is 1. The van der Waals surface area contributed by atoms with Gasteiger partial charge in [-0.15, -0.1) is 0 Å². The van der Waals surface area contributed by atoms with Crippen LogP contribution in [-0.4, -0.2) is 71.5 Å². The van der Waals surface area contributed by atoms with Crippen molar-refractivity contribution in [2.75, 3.05) is 11.9 Å². The zero-order valence-corrected chi connectivity index (χ0v) is 17.6. The second-order valence-electron chi connectivity index (χ2n) is 5.51. The molecule has 1 aliphatic heterocycles. The molecule has 1 aliphatic rings. The van der Waals surface area contributed by atoms with Gasteiger partial charge in [-0.05, 0) is 30.3 Å². The molecule has 0 aromatic heterocycles. The SMILES string of the molecule is C=CC(=O)Nc1ccc(O[C@@H]2O[C@H](CO)[C@H](O)[C@H](OS(=O)(=O)[O-])[C@H]2O)cc1.[Na+]. The summed E-state index contributed by atoms with van der Waals surface area (Å²) in [5.74, 6) is -0.277. The topological polar surface area (TPSA) is 175 Å². The minimum Gasteiger partial charge on any atom is -0.726 e. The van der Waals surface area contributed by atoms with E-state index in [1.807, 2.05) is 0 Å². The summed E-state index contributed by atoms with van der Waals surface area (Å²) >= 11 is 0. The molecule has 0 saturated carbocycles. The van der Waals surface area contributed by atoms with Crippen LogP contribution in [0.4, 0.5) is 5.69 Å². The van der Waals surface area contributed by atoms with E-state index in [1.54, 1.807) is 0 Å². The number of nitrogens with one attached hydrogen (secondary N) is 1. The van der Waals surface area contributed by atoms with E-state index in [0.717, 1.165) is 6.08 Å². The fourth-order valence-corrected chi connectivity index (χ4v) is 2.84. The van der Waals surface area contributed by atoms with Gasteiger partial charge in [0.15, 0.2) is 0 Å². The molecule has 0 spiro atoms. The van der Waals surface area contributed by atoms with Crippen LogP contribution in [0, 0.1) is 0 Å². The van der Waals surface area contributed by atoms with E-state index in [2.05, 4.69) is 16.1 Å². The molecule has 1 heterocycles. The molecule has 1 aromatic carbocycles. The maximum atomic E-state index is 11.2. The average molecular weight is 427 g/mol. The third-order valence-corrected chi connectivity index (χ3v) is 4.07. The van der Waals surface area contributed by atoms with E-state index < -0.39 is 53.6 Å². The summed E-state index contributed by atoms with van der Waals surface area (Å²) in [7, 11) is -5.25. The first-order chi connectivity index (χ1) is 12.6. The van der Waals surface area contributed by atoms with Crippen molar-refractivity contribution in [3.05, 3.63) is 36.9 Å². The molecule has 1 fully saturated rings. The van der Waals surface area contributed by atoms with Gasteiger partial charge in [0.2, 0.25) is 22.6 Å². The Morgan fingerprint density at radius 2 is 1.89 bits per heavy atom. The number of hydrogen-bond acceptors (Lipinski definition) is 10. The number of rotatable bonds is 7. The van der Waals surface area contributed by atoms with Gasteiger partial charge in [-0.3, -0.25) is 8.98 Å². The van der Waals surface area contributed by atoms with Gasteiger partial charge in [0, 0.05) is 5.69 Å². The van der Waals surface area contributed by atoms with Crippen LogP contribution in [0.5, 0.6) is 5.75 Å². The summed E-state index contributed by atoms with van der Waals surface area (Å²) in [6, 6.07) is 5.77. The van der Waals surface area contributed by atoms with E-state index in [0.29, 0.717) is 5.69 Å². The van der Waals surface area contributed by atoms with Crippen molar-refractivity contribution in [1.29, 1.82) is 0 Å². The minimum atomic E-state index is -5.25. The summed E-state index contributed by atoms with van der Waals surface area (Å²) in [5.41, 5.74) is 0.430. The van der Waals surface area contributed by atoms with Crippen molar-refractivity contribution in [3.8, 4) is 5.75 Å². The van der Waals surface area contributed by atoms with Crippen LogP contribution in [0.25, 0.3) is 0 Å². The van der Waals surface area contributed by atoms with Crippen molar-refractivity contribution >= 4 is 22.0 Å². The van der Waals surface area contributed by atoms with E-state index in [9.17, 15) is 33.1 Å². The summed E-state index contributed by atoms with van der Waals surface area (Å²) in [4.78, 5) is 11.2. The summed E-state index contributed by atoms with van der Waals surface area (Å²) in [6.45, 7) is 2.56. The van der Waals surface area contributed by atoms with Crippen molar-refractivity contribution in [1.82, 2.24) is 0 Å². The summed E-state index contributed by atoms with van der Waals surface area (Å²) < 4.78 is 47.2. The zero-order chi connectivity index (χ0) is 20.2. The largest absolute Gasteiger partial charge is 1.00 e. The van der Waals surface area contributed by atoms with Gasteiger partial charge < -0.3 is 34.7 Å². The fraction of sp³-hybridized carbons (Fsp3) is 0.400. The monoisotopic (exact) mass is 427 g/mol. The van der Waals surface area contributed by atoms with Crippen LogP contribution in [0.2, 0.25) is 0 Å².